The van der Waals surface area contributed by atoms with Crippen molar-refractivity contribution in [2.45, 2.75) is 12.1 Å². The van der Waals surface area contributed by atoms with Gasteiger partial charge >= 0.3 is 0 Å². The van der Waals surface area contributed by atoms with Gasteiger partial charge in [0.15, 0.2) is 11.0 Å². The van der Waals surface area contributed by atoms with Crippen LogP contribution in [-0.4, -0.2) is 26.4 Å². The van der Waals surface area contributed by atoms with E-state index in [1.807, 2.05) is 67.1 Å². The second-order valence-electron chi connectivity index (χ2n) is 5.53. The molecule has 0 saturated carbocycles. The number of carbonyl (C=O) groups excluding carboxylic acids is 1. The molecule has 0 saturated heterocycles. The van der Waals surface area contributed by atoms with Gasteiger partial charge in [-0.1, -0.05) is 42.1 Å². The topological polar surface area (TPSA) is 59.8 Å². The van der Waals surface area contributed by atoms with Crippen LogP contribution in [0.1, 0.15) is 5.56 Å². The smallest absolute Gasteiger partial charge is 0.234 e. The summed E-state index contributed by atoms with van der Waals surface area (Å²) in [5, 5.41) is 12.1. The van der Waals surface area contributed by atoms with E-state index in [0.29, 0.717) is 0 Å². The molecule has 0 aliphatic rings. The van der Waals surface area contributed by atoms with E-state index in [4.69, 9.17) is 0 Å². The third-order valence-corrected chi connectivity index (χ3v) is 5.35. The quantitative estimate of drug-likeness (QED) is 0.456. The van der Waals surface area contributed by atoms with Gasteiger partial charge in [0.1, 0.15) is 0 Å². The molecule has 1 N–H and O–H groups in total. The second-order valence-corrected chi connectivity index (χ2v) is 7.72. The second kappa shape index (κ2) is 8.01. The standard InChI is InChI=1S/C18H17IN4OS/c1-12-6-3-4-9-15(12)17-21-22-18(23(17)2)25-11-16(24)20-14-8-5-7-13(19)10-14/h3-10H,11H2,1-2H3,(H,20,24). The van der Waals surface area contributed by atoms with Crippen LogP contribution in [0.4, 0.5) is 5.69 Å². The Bertz CT molecular complexity index is 910. The number of amides is 1. The summed E-state index contributed by atoms with van der Waals surface area (Å²) < 4.78 is 3.00. The molecule has 25 heavy (non-hydrogen) atoms. The number of thioether (sulfide) groups is 1. The SMILES string of the molecule is Cc1ccccc1-c1nnc(SCC(=O)Nc2cccc(I)c2)n1C. The normalized spacial score (nSPS) is 10.7. The third kappa shape index (κ3) is 4.40. The van der Waals surface area contributed by atoms with Crippen molar-refractivity contribution in [1.29, 1.82) is 0 Å². The predicted octanol–water partition coefficient (Wildman–Crippen LogP) is 4.13. The van der Waals surface area contributed by atoms with Crippen molar-refractivity contribution in [3.8, 4) is 11.4 Å². The van der Waals surface area contributed by atoms with Gasteiger partial charge in [-0.15, -0.1) is 10.2 Å². The van der Waals surface area contributed by atoms with E-state index >= 15 is 0 Å². The molecule has 0 fully saturated rings. The summed E-state index contributed by atoms with van der Waals surface area (Å²) in [6.45, 7) is 2.05. The number of aryl methyl sites for hydroxylation is 1. The largest absolute Gasteiger partial charge is 0.325 e. The first-order chi connectivity index (χ1) is 12.0. The van der Waals surface area contributed by atoms with E-state index in [0.717, 1.165) is 31.4 Å². The molecular weight excluding hydrogens is 447 g/mol. The number of benzene rings is 2. The summed E-state index contributed by atoms with van der Waals surface area (Å²) in [5.41, 5.74) is 3.00. The molecule has 2 aromatic carbocycles. The Kier molecular flexibility index (Phi) is 5.74. The number of nitrogens with zero attached hydrogens (tertiary/aromatic N) is 3. The maximum absolute atomic E-state index is 12.1. The number of aromatic nitrogens is 3. The van der Waals surface area contributed by atoms with Crippen molar-refractivity contribution in [1.82, 2.24) is 14.8 Å². The first-order valence-corrected chi connectivity index (χ1v) is 9.74. The zero-order chi connectivity index (χ0) is 17.8. The van der Waals surface area contributed by atoms with Crippen LogP contribution >= 0.6 is 34.4 Å². The fourth-order valence-corrected chi connectivity index (χ4v) is 3.65. The monoisotopic (exact) mass is 464 g/mol. The van der Waals surface area contributed by atoms with E-state index in [2.05, 4.69) is 38.1 Å². The molecule has 0 aliphatic carbocycles. The fraction of sp³-hybridized carbons (Fsp3) is 0.167. The number of halogens is 1. The number of hydrogen-bond donors (Lipinski definition) is 1. The number of rotatable bonds is 5. The molecule has 0 spiro atoms. The van der Waals surface area contributed by atoms with Gasteiger partial charge in [-0.05, 0) is 53.3 Å². The first kappa shape index (κ1) is 17.9. The van der Waals surface area contributed by atoms with Gasteiger partial charge in [0.25, 0.3) is 0 Å². The lowest BCUT2D eigenvalue weighted by Crippen LogP contribution is -2.14. The summed E-state index contributed by atoms with van der Waals surface area (Å²) >= 11 is 3.60. The maximum Gasteiger partial charge on any atom is 0.234 e. The minimum atomic E-state index is -0.0626. The lowest BCUT2D eigenvalue weighted by Gasteiger charge is -2.07. The molecule has 1 amide bonds. The molecule has 3 aromatic rings. The Balaban J connectivity index is 1.66. The minimum Gasteiger partial charge on any atom is -0.325 e. The summed E-state index contributed by atoms with van der Waals surface area (Å²) in [6, 6.07) is 15.8. The highest BCUT2D eigenvalue weighted by molar-refractivity contribution is 14.1. The van der Waals surface area contributed by atoms with Gasteiger partial charge in [0.05, 0.1) is 5.75 Å². The fourth-order valence-electron chi connectivity index (χ4n) is 2.39. The molecule has 1 heterocycles. The van der Waals surface area contributed by atoms with Crippen molar-refractivity contribution in [3.05, 3.63) is 57.7 Å². The maximum atomic E-state index is 12.1. The molecule has 0 aliphatic heterocycles. The van der Waals surface area contributed by atoms with E-state index < -0.39 is 0 Å². The van der Waals surface area contributed by atoms with Crippen molar-refractivity contribution in [2.24, 2.45) is 7.05 Å². The van der Waals surface area contributed by atoms with Crippen LogP contribution in [-0.2, 0) is 11.8 Å². The Hall–Kier alpha value is -1.87. The zero-order valence-corrected chi connectivity index (χ0v) is 16.8. The van der Waals surface area contributed by atoms with Gasteiger partial charge < -0.3 is 9.88 Å². The van der Waals surface area contributed by atoms with Crippen LogP contribution in [0, 0.1) is 10.5 Å². The van der Waals surface area contributed by atoms with Gasteiger partial charge in [-0.2, -0.15) is 0 Å². The molecule has 1 aromatic heterocycles. The molecule has 5 nitrogen and oxygen atoms in total. The molecular formula is C18H17IN4OS. The summed E-state index contributed by atoms with van der Waals surface area (Å²) in [6.07, 6.45) is 0. The number of hydrogen-bond acceptors (Lipinski definition) is 4. The van der Waals surface area contributed by atoms with E-state index in [1.54, 1.807) is 0 Å². The Morgan fingerprint density at radius 2 is 2.00 bits per heavy atom. The van der Waals surface area contributed by atoms with Gasteiger partial charge in [-0.25, -0.2) is 0 Å². The average Bonchev–Trinajstić information content (AvgIpc) is 2.94. The van der Waals surface area contributed by atoms with Crippen LogP contribution in [0.15, 0.2) is 53.7 Å². The highest BCUT2D eigenvalue weighted by Gasteiger charge is 2.14. The zero-order valence-electron chi connectivity index (χ0n) is 13.9. The highest BCUT2D eigenvalue weighted by atomic mass is 127. The van der Waals surface area contributed by atoms with Crippen molar-refractivity contribution in [3.63, 3.8) is 0 Å². The van der Waals surface area contributed by atoms with Crippen LogP contribution in [0.2, 0.25) is 0 Å². The van der Waals surface area contributed by atoms with Crippen molar-refractivity contribution >= 4 is 45.9 Å². The predicted molar refractivity (Wildman–Crippen MR) is 110 cm³/mol. The van der Waals surface area contributed by atoms with Crippen LogP contribution in [0.5, 0.6) is 0 Å². The van der Waals surface area contributed by atoms with E-state index in [1.165, 1.54) is 11.8 Å². The Morgan fingerprint density at radius 1 is 1.20 bits per heavy atom. The van der Waals surface area contributed by atoms with Crippen LogP contribution < -0.4 is 5.32 Å². The average molecular weight is 464 g/mol. The third-order valence-electron chi connectivity index (χ3n) is 3.66. The molecule has 3 rings (SSSR count). The highest BCUT2D eigenvalue weighted by Crippen LogP contribution is 2.25. The molecule has 128 valence electrons. The van der Waals surface area contributed by atoms with Gasteiger partial charge in [0, 0.05) is 21.9 Å². The molecule has 0 atom stereocenters. The summed E-state index contributed by atoms with van der Waals surface area (Å²) in [4.78, 5) is 12.1. The van der Waals surface area contributed by atoms with Crippen LogP contribution in [0.25, 0.3) is 11.4 Å². The molecule has 7 heteroatoms. The van der Waals surface area contributed by atoms with Gasteiger partial charge in [-0.3, -0.25) is 4.79 Å². The molecule has 0 radical (unpaired) electrons. The number of nitrogens with one attached hydrogen (secondary N) is 1. The van der Waals surface area contributed by atoms with E-state index in [-0.39, 0.29) is 11.7 Å². The summed E-state index contributed by atoms with van der Waals surface area (Å²) in [5.74, 6) is 1.02. The number of anilines is 1. The lowest BCUT2D eigenvalue weighted by atomic mass is 10.1. The first-order valence-electron chi connectivity index (χ1n) is 7.68. The Morgan fingerprint density at radius 3 is 2.76 bits per heavy atom. The molecule has 0 bridgehead atoms. The number of carbonyl (C=O) groups is 1. The Labute approximate surface area is 164 Å². The molecule has 0 unspecified atom stereocenters. The lowest BCUT2D eigenvalue weighted by molar-refractivity contribution is -0.113. The van der Waals surface area contributed by atoms with E-state index in [9.17, 15) is 4.79 Å². The van der Waals surface area contributed by atoms with Gasteiger partial charge in [0.2, 0.25) is 5.91 Å². The van der Waals surface area contributed by atoms with Crippen LogP contribution in [0.3, 0.4) is 0 Å². The summed E-state index contributed by atoms with van der Waals surface area (Å²) in [7, 11) is 1.92. The minimum absolute atomic E-state index is 0.0626. The van der Waals surface area contributed by atoms with Crippen molar-refractivity contribution < 1.29 is 4.79 Å². The van der Waals surface area contributed by atoms with Crippen molar-refractivity contribution in [2.75, 3.05) is 11.1 Å².